The third-order valence-corrected chi connectivity index (χ3v) is 2.09. The molecule has 4 heteroatoms. The molecule has 0 saturated heterocycles. The summed E-state index contributed by atoms with van der Waals surface area (Å²) in [5.41, 5.74) is 5.53. The number of carbonyl (C=O) groups is 1. The highest BCUT2D eigenvalue weighted by Crippen LogP contribution is 2.18. The smallest absolute Gasteiger partial charge is 0.268 e. The van der Waals surface area contributed by atoms with Gasteiger partial charge in [0.1, 0.15) is 11.5 Å². The third-order valence-electron chi connectivity index (χ3n) is 2.09. The molecule has 0 aliphatic rings. The van der Waals surface area contributed by atoms with Gasteiger partial charge >= 0.3 is 0 Å². The van der Waals surface area contributed by atoms with E-state index < -0.39 is 5.91 Å². The van der Waals surface area contributed by atoms with Crippen molar-refractivity contribution in [3.8, 4) is 0 Å². The number of rotatable bonds is 3. The molecular weight excluding hydrogens is 178 g/mol. The van der Waals surface area contributed by atoms with Crippen LogP contribution in [-0.4, -0.2) is 15.5 Å². The molecule has 1 heterocycles. The first-order valence-corrected chi connectivity index (χ1v) is 4.82. The van der Waals surface area contributed by atoms with Gasteiger partial charge in [0.2, 0.25) is 0 Å². The molecule has 0 bridgehead atoms. The second-order valence-corrected chi connectivity index (χ2v) is 4.00. The number of hydrogen-bond acceptors (Lipinski definition) is 2. The van der Waals surface area contributed by atoms with Gasteiger partial charge in [-0.3, -0.25) is 4.79 Å². The summed E-state index contributed by atoms with van der Waals surface area (Å²) in [6, 6.07) is 0.299. The van der Waals surface area contributed by atoms with Gasteiger partial charge in [-0.1, -0.05) is 13.8 Å². The van der Waals surface area contributed by atoms with Crippen LogP contribution in [0.15, 0.2) is 6.20 Å². The van der Waals surface area contributed by atoms with Gasteiger partial charge in [-0.2, -0.15) is 0 Å². The molecule has 1 aromatic rings. The van der Waals surface area contributed by atoms with Crippen molar-refractivity contribution in [3.63, 3.8) is 0 Å². The fourth-order valence-corrected chi connectivity index (χ4v) is 1.37. The van der Waals surface area contributed by atoms with E-state index in [1.54, 1.807) is 6.20 Å². The highest BCUT2D eigenvalue weighted by Gasteiger charge is 2.15. The standard InChI is InChI=1S/C10H17N3O/c1-6(2)10-12-8(9(11)14)5-13(10)7(3)4/h5-7H,1-4H3,(H2,11,14). The molecule has 0 aromatic carbocycles. The van der Waals surface area contributed by atoms with Crippen LogP contribution in [0.4, 0.5) is 0 Å². The first kappa shape index (κ1) is 10.8. The number of amides is 1. The lowest BCUT2D eigenvalue weighted by atomic mass is 10.2. The normalized spacial score (nSPS) is 11.3. The minimum Gasteiger partial charge on any atom is -0.364 e. The SMILES string of the molecule is CC(C)c1nc(C(N)=O)cn1C(C)C. The van der Waals surface area contributed by atoms with Crippen LogP contribution in [0.25, 0.3) is 0 Å². The molecule has 0 radical (unpaired) electrons. The van der Waals surface area contributed by atoms with Crippen molar-refractivity contribution in [2.75, 3.05) is 0 Å². The maximum Gasteiger partial charge on any atom is 0.268 e. The predicted octanol–water partition coefficient (Wildman–Crippen LogP) is 1.69. The molecule has 4 nitrogen and oxygen atoms in total. The number of primary amides is 1. The zero-order chi connectivity index (χ0) is 10.9. The maximum absolute atomic E-state index is 11.0. The number of hydrogen-bond donors (Lipinski definition) is 1. The fraction of sp³-hybridized carbons (Fsp3) is 0.600. The zero-order valence-electron chi connectivity index (χ0n) is 9.11. The monoisotopic (exact) mass is 195 g/mol. The zero-order valence-corrected chi connectivity index (χ0v) is 9.11. The quantitative estimate of drug-likeness (QED) is 0.797. The van der Waals surface area contributed by atoms with E-state index >= 15 is 0 Å². The Balaban J connectivity index is 3.19. The van der Waals surface area contributed by atoms with Crippen molar-refractivity contribution in [1.82, 2.24) is 9.55 Å². The Bertz CT molecular complexity index is 314. The minimum atomic E-state index is -0.466. The molecule has 0 aliphatic carbocycles. The number of aromatic nitrogens is 2. The molecule has 0 atom stereocenters. The molecule has 0 saturated carbocycles. The molecule has 0 aliphatic heterocycles. The Labute approximate surface area is 84.1 Å². The Kier molecular flexibility index (Phi) is 2.93. The van der Waals surface area contributed by atoms with E-state index in [1.165, 1.54) is 0 Å². The predicted molar refractivity (Wildman–Crippen MR) is 55.2 cm³/mol. The van der Waals surface area contributed by atoms with Gasteiger partial charge in [-0.25, -0.2) is 4.98 Å². The van der Waals surface area contributed by atoms with Crippen molar-refractivity contribution < 1.29 is 4.79 Å². The first-order valence-electron chi connectivity index (χ1n) is 4.82. The van der Waals surface area contributed by atoms with Crippen LogP contribution in [0, 0.1) is 0 Å². The number of carbonyl (C=O) groups excluding carboxylic acids is 1. The molecule has 2 N–H and O–H groups in total. The van der Waals surface area contributed by atoms with Gasteiger partial charge in [0.25, 0.3) is 5.91 Å². The fourth-order valence-electron chi connectivity index (χ4n) is 1.37. The molecule has 0 fully saturated rings. The lowest BCUT2D eigenvalue weighted by Crippen LogP contribution is -2.11. The minimum absolute atomic E-state index is 0.297. The summed E-state index contributed by atoms with van der Waals surface area (Å²) in [6.07, 6.45) is 1.72. The Morgan fingerprint density at radius 1 is 1.43 bits per heavy atom. The third kappa shape index (κ3) is 1.95. The van der Waals surface area contributed by atoms with E-state index in [0.717, 1.165) is 5.82 Å². The second kappa shape index (κ2) is 3.82. The van der Waals surface area contributed by atoms with E-state index in [0.29, 0.717) is 17.7 Å². The molecular formula is C10H17N3O. The molecule has 14 heavy (non-hydrogen) atoms. The number of imidazole rings is 1. The van der Waals surface area contributed by atoms with Gasteiger partial charge in [-0.05, 0) is 13.8 Å². The lowest BCUT2D eigenvalue weighted by molar-refractivity contribution is 0.0996. The summed E-state index contributed by atoms with van der Waals surface area (Å²) >= 11 is 0. The van der Waals surface area contributed by atoms with Crippen LogP contribution < -0.4 is 5.73 Å². The Morgan fingerprint density at radius 2 is 2.00 bits per heavy atom. The highest BCUT2D eigenvalue weighted by molar-refractivity contribution is 5.90. The van der Waals surface area contributed by atoms with E-state index in [4.69, 9.17) is 5.73 Å². The van der Waals surface area contributed by atoms with E-state index in [9.17, 15) is 4.79 Å². The number of nitrogens with zero attached hydrogens (tertiary/aromatic N) is 2. The summed E-state index contributed by atoms with van der Waals surface area (Å²) in [6.45, 7) is 8.20. The Hall–Kier alpha value is -1.32. The molecule has 1 aromatic heterocycles. The summed E-state index contributed by atoms with van der Waals surface area (Å²) in [5, 5.41) is 0. The van der Waals surface area contributed by atoms with E-state index in [-0.39, 0.29) is 0 Å². The van der Waals surface area contributed by atoms with Crippen LogP contribution >= 0.6 is 0 Å². The molecule has 1 amide bonds. The lowest BCUT2D eigenvalue weighted by Gasteiger charge is -2.12. The summed E-state index contributed by atoms with van der Waals surface area (Å²) in [4.78, 5) is 15.2. The molecule has 0 unspecified atom stereocenters. The average Bonchev–Trinajstić information content (AvgIpc) is 2.47. The van der Waals surface area contributed by atoms with Crippen LogP contribution in [-0.2, 0) is 0 Å². The van der Waals surface area contributed by atoms with Crippen molar-refractivity contribution in [1.29, 1.82) is 0 Å². The summed E-state index contributed by atoms with van der Waals surface area (Å²) < 4.78 is 1.99. The summed E-state index contributed by atoms with van der Waals surface area (Å²) in [5.74, 6) is 0.741. The van der Waals surface area contributed by atoms with Crippen molar-refractivity contribution in [3.05, 3.63) is 17.7 Å². The van der Waals surface area contributed by atoms with E-state index in [2.05, 4.69) is 18.8 Å². The van der Waals surface area contributed by atoms with Gasteiger partial charge in [0.15, 0.2) is 0 Å². The Morgan fingerprint density at radius 3 is 2.29 bits per heavy atom. The molecule has 78 valence electrons. The van der Waals surface area contributed by atoms with Gasteiger partial charge in [0, 0.05) is 18.2 Å². The maximum atomic E-state index is 11.0. The van der Waals surface area contributed by atoms with Crippen molar-refractivity contribution in [2.24, 2.45) is 5.73 Å². The molecule has 0 spiro atoms. The van der Waals surface area contributed by atoms with Crippen molar-refractivity contribution in [2.45, 2.75) is 39.7 Å². The van der Waals surface area contributed by atoms with Crippen LogP contribution in [0.3, 0.4) is 0 Å². The largest absolute Gasteiger partial charge is 0.364 e. The second-order valence-electron chi connectivity index (χ2n) is 4.00. The van der Waals surface area contributed by atoms with Gasteiger partial charge in [0.05, 0.1) is 0 Å². The van der Waals surface area contributed by atoms with Crippen molar-refractivity contribution >= 4 is 5.91 Å². The van der Waals surface area contributed by atoms with E-state index in [1.807, 2.05) is 18.4 Å². The van der Waals surface area contributed by atoms with Gasteiger partial charge in [-0.15, -0.1) is 0 Å². The summed E-state index contributed by atoms with van der Waals surface area (Å²) in [7, 11) is 0. The highest BCUT2D eigenvalue weighted by atomic mass is 16.1. The van der Waals surface area contributed by atoms with Crippen LogP contribution in [0.2, 0.25) is 0 Å². The van der Waals surface area contributed by atoms with Crippen LogP contribution in [0.5, 0.6) is 0 Å². The topological polar surface area (TPSA) is 60.9 Å². The first-order chi connectivity index (χ1) is 6.43. The average molecular weight is 195 g/mol. The molecule has 1 rings (SSSR count). The van der Waals surface area contributed by atoms with Gasteiger partial charge < -0.3 is 10.3 Å². The number of nitrogens with two attached hydrogens (primary N) is 1. The van der Waals surface area contributed by atoms with Crippen LogP contribution in [0.1, 0.15) is 56.0 Å².